The fraction of sp³-hybridized carbons (Fsp3) is 0.458. The van der Waals surface area contributed by atoms with Crippen molar-refractivity contribution in [2.45, 2.75) is 69.4 Å². The third-order valence-corrected chi connectivity index (χ3v) is 6.47. The summed E-state index contributed by atoms with van der Waals surface area (Å²) in [6.45, 7) is 3.18. The Hall–Kier alpha value is -3.30. The molecule has 3 N–H and O–H groups in total. The number of anilines is 1. The molecule has 0 spiro atoms. The molecular weight excluding hydrogens is 449 g/mol. The highest BCUT2D eigenvalue weighted by Crippen LogP contribution is 2.39. The van der Waals surface area contributed by atoms with Crippen LogP contribution < -0.4 is 20.7 Å². The van der Waals surface area contributed by atoms with Crippen LogP contribution >= 0.6 is 0 Å². The minimum Gasteiger partial charge on any atom is -0.478 e. The maximum atomic E-state index is 13.0. The Kier molecular flexibility index (Phi) is 6.18. The summed E-state index contributed by atoms with van der Waals surface area (Å²) in [6, 6.07) is 8.11. The van der Waals surface area contributed by atoms with Crippen molar-refractivity contribution >= 4 is 17.6 Å². The fourth-order valence-corrected chi connectivity index (χ4v) is 4.77. The van der Waals surface area contributed by atoms with Gasteiger partial charge in [-0.05, 0) is 75.9 Å². The Morgan fingerprint density at radius 3 is 2.18 bits per heavy atom. The van der Waals surface area contributed by atoms with Crippen LogP contribution in [-0.4, -0.2) is 40.5 Å². The van der Waals surface area contributed by atoms with Crippen molar-refractivity contribution in [3.05, 3.63) is 53.7 Å². The summed E-state index contributed by atoms with van der Waals surface area (Å²) in [7, 11) is 0. The van der Waals surface area contributed by atoms with E-state index in [1.54, 1.807) is 26.0 Å². The van der Waals surface area contributed by atoms with Gasteiger partial charge in [0.05, 0.1) is 11.1 Å². The molecule has 2 bridgehead atoms. The zero-order valence-corrected chi connectivity index (χ0v) is 18.9. The van der Waals surface area contributed by atoms with Crippen molar-refractivity contribution in [2.75, 3.05) is 4.90 Å². The molecular formula is C24H27F3N4O3. The summed E-state index contributed by atoms with van der Waals surface area (Å²) in [5, 5.41) is 3.06. The van der Waals surface area contributed by atoms with Crippen molar-refractivity contribution in [1.29, 1.82) is 0 Å². The molecule has 0 unspecified atom stereocenters. The fourth-order valence-electron chi connectivity index (χ4n) is 4.77. The third-order valence-electron chi connectivity index (χ3n) is 6.47. The molecule has 182 valence electrons. The summed E-state index contributed by atoms with van der Waals surface area (Å²) in [5.74, 6) is 0.125. The number of piperidine rings is 1. The molecule has 2 fully saturated rings. The summed E-state index contributed by atoms with van der Waals surface area (Å²) >= 11 is 0. The third kappa shape index (κ3) is 4.95. The molecule has 2 aliphatic heterocycles. The Labute approximate surface area is 195 Å². The highest BCUT2D eigenvalue weighted by Gasteiger charge is 2.43. The number of hydrogen-bond donors (Lipinski definition) is 2. The van der Waals surface area contributed by atoms with Gasteiger partial charge in [0.15, 0.2) is 5.60 Å². The van der Waals surface area contributed by atoms with Gasteiger partial charge < -0.3 is 20.7 Å². The first kappa shape index (κ1) is 23.8. The largest absolute Gasteiger partial charge is 0.478 e. The second kappa shape index (κ2) is 8.81. The highest BCUT2D eigenvalue weighted by atomic mass is 19.4. The van der Waals surface area contributed by atoms with Crippen molar-refractivity contribution < 1.29 is 27.5 Å². The number of carbonyl (C=O) groups excluding carboxylic acids is 2. The molecule has 7 nitrogen and oxygen atoms in total. The van der Waals surface area contributed by atoms with E-state index in [1.165, 1.54) is 18.3 Å². The SMILES string of the molecule is CC(C)(Oc1ccc(C(F)(F)F)cc1)C(=O)N[C@H]1C[C@H]2CC[C@@H](C1)N2c1ccc(C(N)=O)cn1. The number of alkyl halides is 3. The lowest BCUT2D eigenvalue weighted by Gasteiger charge is -2.40. The maximum absolute atomic E-state index is 13.0. The molecule has 0 aliphatic carbocycles. The molecule has 3 atom stereocenters. The quantitative estimate of drug-likeness (QED) is 0.663. The average molecular weight is 476 g/mol. The number of hydrogen-bond acceptors (Lipinski definition) is 5. The van der Waals surface area contributed by atoms with E-state index >= 15 is 0 Å². The van der Waals surface area contributed by atoms with Gasteiger partial charge in [-0.1, -0.05) is 0 Å². The van der Waals surface area contributed by atoms with Crippen LogP contribution in [0.15, 0.2) is 42.6 Å². The standard InChI is InChI=1S/C24H27F3N4O3/c1-23(2,34-19-8-4-15(5-9-19)24(25,26)27)22(33)30-16-11-17-6-7-18(12-16)31(17)20-10-3-14(13-29-20)21(28)32/h3-5,8-10,13,16-18H,6-7,11-12H2,1-2H3,(H2,28,32)(H,30,33)/t16-,17+,18-. The van der Waals surface area contributed by atoms with Gasteiger partial charge in [-0.15, -0.1) is 0 Å². The number of fused-ring (bicyclic) bond motifs is 2. The normalized spacial score (nSPS) is 22.4. The minimum absolute atomic E-state index is 0.0541. The number of nitrogens with one attached hydrogen (secondary N) is 1. The van der Waals surface area contributed by atoms with Gasteiger partial charge in [0.25, 0.3) is 5.91 Å². The average Bonchev–Trinajstić information content (AvgIpc) is 3.03. The van der Waals surface area contributed by atoms with Crippen LogP contribution in [-0.2, 0) is 11.0 Å². The van der Waals surface area contributed by atoms with Crippen molar-refractivity contribution in [3.63, 3.8) is 0 Å². The van der Waals surface area contributed by atoms with Gasteiger partial charge in [0.2, 0.25) is 5.91 Å². The van der Waals surface area contributed by atoms with E-state index in [2.05, 4.69) is 15.2 Å². The van der Waals surface area contributed by atoms with Gasteiger partial charge in [-0.25, -0.2) is 4.98 Å². The number of primary amides is 1. The molecule has 2 aliphatic rings. The lowest BCUT2D eigenvalue weighted by atomic mass is 9.96. The number of benzene rings is 1. The zero-order valence-electron chi connectivity index (χ0n) is 18.9. The lowest BCUT2D eigenvalue weighted by Crippen LogP contribution is -2.55. The monoisotopic (exact) mass is 476 g/mol. The van der Waals surface area contributed by atoms with E-state index in [0.29, 0.717) is 5.56 Å². The number of carbonyl (C=O) groups is 2. The first-order valence-electron chi connectivity index (χ1n) is 11.2. The molecule has 1 aromatic heterocycles. The van der Waals surface area contributed by atoms with Crippen molar-refractivity contribution in [2.24, 2.45) is 5.73 Å². The predicted octanol–water partition coefficient (Wildman–Crippen LogP) is 3.67. The molecule has 34 heavy (non-hydrogen) atoms. The zero-order chi connectivity index (χ0) is 24.7. The van der Waals surface area contributed by atoms with Crippen LogP contribution in [0.2, 0.25) is 0 Å². The molecule has 0 saturated carbocycles. The van der Waals surface area contributed by atoms with Crippen molar-refractivity contribution in [3.8, 4) is 5.75 Å². The first-order chi connectivity index (χ1) is 15.9. The second-order valence-corrected chi connectivity index (χ2v) is 9.34. The van der Waals surface area contributed by atoms with Crippen LogP contribution in [0.1, 0.15) is 55.5 Å². The summed E-state index contributed by atoms with van der Waals surface area (Å²) in [4.78, 5) is 30.9. The first-order valence-corrected chi connectivity index (χ1v) is 11.2. The van der Waals surface area contributed by atoms with Gasteiger partial charge in [0.1, 0.15) is 11.6 Å². The number of halogens is 3. The number of nitrogens with two attached hydrogens (primary N) is 1. The van der Waals surface area contributed by atoms with E-state index in [-0.39, 0.29) is 29.8 Å². The van der Waals surface area contributed by atoms with E-state index in [9.17, 15) is 22.8 Å². The molecule has 2 aromatic rings. The second-order valence-electron chi connectivity index (χ2n) is 9.34. The van der Waals surface area contributed by atoms with Crippen molar-refractivity contribution in [1.82, 2.24) is 10.3 Å². The molecule has 0 radical (unpaired) electrons. The minimum atomic E-state index is -4.43. The van der Waals surface area contributed by atoms with Gasteiger partial charge in [-0.3, -0.25) is 9.59 Å². The van der Waals surface area contributed by atoms with E-state index in [4.69, 9.17) is 10.5 Å². The van der Waals surface area contributed by atoms with Crippen LogP contribution in [0.4, 0.5) is 19.0 Å². The molecule has 1 aromatic carbocycles. The van der Waals surface area contributed by atoms with E-state index in [1.807, 2.05) is 0 Å². The van der Waals surface area contributed by atoms with Crippen LogP contribution in [0, 0.1) is 0 Å². The number of amides is 2. The topological polar surface area (TPSA) is 97.5 Å². The van der Waals surface area contributed by atoms with Crippen LogP contribution in [0.3, 0.4) is 0 Å². The highest BCUT2D eigenvalue weighted by molar-refractivity contribution is 5.92. The van der Waals surface area contributed by atoms with Gasteiger partial charge in [0, 0.05) is 24.3 Å². The molecule has 2 saturated heterocycles. The summed E-state index contributed by atoms with van der Waals surface area (Å²) < 4.78 is 44.0. The molecule has 3 heterocycles. The predicted molar refractivity (Wildman–Crippen MR) is 119 cm³/mol. The smallest absolute Gasteiger partial charge is 0.416 e. The maximum Gasteiger partial charge on any atom is 0.416 e. The molecule has 10 heteroatoms. The number of nitrogens with zero attached hydrogens (tertiary/aromatic N) is 2. The molecule has 2 amide bonds. The van der Waals surface area contributed by atoms with E-state index < -0.39 is 23.2 Å². The summed E-state index contributed by atoms with van der Waals surface area (Å²) in [5.41, 5.74) is 3.61. The van der Waals surface area contributed by atoms with Gasteiger partial charge >= 0.3 is 6.18 Å². The Bertz CT molecular complexity index is 1040. The number of pyridine rings is 1. The Balaban J connectivity index is 1.37. The molecule has 4 rings (SSSR count). The number of aromatic nitrogens is 1. The van der Waals surface area contributed by atoms with E-state index in [0.717, 1.165) is 43.6 Å². The number of rotatable bonds is 6. The lowest BCUT2D eigenvalue weighted by molar-refractivity contribution is -0.138. The summed E-state index contributed by atoms with van der Waals surface area (Å²) in [6.07, 6.45) is 0.463. The Morgan fingerprint density at radius 1 is 1.06 bits per heavy atom. The number of ether oxygens (including phenoxy) is 1. The van der Waals surface area contributed by atoms with Crippen LogP contribution in [0.5, 0.6) is 5.75 Å². The van der Waals surface area contributed by atoms with Gasteiger partial charge in [-0.2, -0.15) is 13.2 Å². The Morgan fingerprint density at radius 2 is 1.68 bits per heavy atom. The van der Waals surface area contributed by atoms with Crippen LogP contribution in [0.25, 0.3) is 0 Å².